The molecule has 1 amide bonds. The predicted octanol–water partition coefficient (Wildman–Crippen LogP) is 3.23. The second-order valence-corrected chi connectivity index (χ2v) is 9.09. The third-order valence-electron chi connectivity index (χ3n) is 4.27. The highest BCUT2D eigenvalue weighted by Gasteiger charge is 2.15. The zero-order valence-electron chi connectivity index (χ0n) is 15.8. The van der Waals surface area contributed by atoms with Gasteiger partial charge in [0.15, 0.2) is 5.13 Å². The van der Waals surface area contributed by atoms with Crippen LogP contribution in [0.4, 0.5) is 5.13 Å². The summed E-state index contributed by atoms with van der Waals surface area (Å²) in [5, 5.41) is 3.17. The van der Waals surface area contributed by atoms with Crippen molar-refractivity contribution in [1.82, 2.24) is 9.71 Å². The number of amides is 1. The Bertz CT molecular complexity index is 1120. The first-order valence-electron chi connectivity index (χ1n) is 8.60. The fraction of sp³-hybridized carbons (Fsp3) is 0.263. The Morgan fingerprint density at radius 2 is 1.93 bits per heavy atom. The number of rotatable bonds is 7. The Labute approximate surface area is 167 Å². The molecule has 1 aromatic heterocycles. The topological polar surface area (TPSA) is 97.4 Å². The first-order valence-corrected chi connectivity index (χ1v) is 10.9. The zero-order chi connectivity index (χ0) is 20.3. The average Bonchev–Trinajstić information content (AvgIpc) is 3.04. The van der Waals surface area contributed by atoms with Gasteiger partial charge in [0.25, 0.3) is 0 Å². The minimum absolute atomic E-state index is 0.000190. The Balaban J connectivity index is 1.57. The Kier molecular flexibility index (Phi) is 5.97. The number of anilines is 1. The summed E-state index contributed by atoms with van der Waals surface area (Å²) in [6.45, 7) is 3.77. The molecule has 2 N–H and O–H groups in total. The smallest absolute Gasteiger partial charge is 0.240 e. The third kappa shape index (κ3) is 4.67. The first-order chi connectivity index (χ1) is 13.3. The summed E-state index contributed by atoms with van der Waals surface area (Å²) in [7, 11) is -2.07. The standard InChI is InChI=1S/C19H21N3O4S2/c1-12-4-6-15(10-13(12)2)28(24,25)20-9-8-18(23)22-19-21-16-7-5-14(26-3)11-17(16)27-19/h4-7,10-11,20H,8-9H2,1-3H3,(H,21,22,23). The molecule has 1 heterocycles. The van der Waals surface area contributed by atoms with Crippen LogP contribution < -0.4 is 14.8 Å². The van der Waals surface area contributed by atoms with E-state index in [2.05, 4.69) is 15.0 Å². The van der Waals surface area contributed by atoms with Crippen LogP contribution in [0.3, 0.4) is 0 Å². The van der Waals surface area contributed by atoms with Gasteiger partial charge >= 0.3 is 0 Å². The highest BCUT2D eigenvalue weighted by molar-refractivity contribution is 7.89. The first kappa shape index (κ1) is 20.2. The lowest BCUT2D eigenvalue weighted by Gasteiger charge is -2.08. The Morgan fingerprint density at radius 1 is 1.14 bits per heavy atom. The van der Waals surface area contributed by atoms with Crippen LogP contribution in [0.25, 0.3) is 10.2 Å². The maximum Gasteiger partial charge on any atom is 0.240 e. The van der Waals surface area contributed by atoms with Gasteiger partial charge in [-0.3, -0.25) is 4.79 Å². The SMILES string of the molecule is COc1ccc2nc(NC(=O)CCNS(=O)(=O)c3ccc(C)c(C)c3)sc2c1. The van der Waals surface area contributed by atoms with E-state index in [1.54, 1.807) is 31.4 Å². The summed E-state index contributed by atoms with van der Waals surface area (Å²) in [5.41, 5.74) is 2.68. The van der Waals surface area contributed by atoms with Gasteiger partial charge in [-0.15, -0.1) is 0 Å². The molecule has 28 heavy (non-hydrogen) atoms. The van der Waals surface area contributed by atoms with Crippen molar-refractivity contribution in [1.29, 1.82) is 0 Å². The normalized spacial score (nSPS) is 11.5. The van der Waals surface area contributed by atoms with Crippen molar-refractivity contribution in [2.24, 2.45) is 0 Å². The quantitative estimate of drug-likeness (QED) is 0.613. The van der Waals surface area contributed by atoms with Gasteiger partial charge in [-0.25, -0.2) is 18.1 Å². The van der Waals surface area contributed by atoms with Crippen LogP contribution in [0.5, 0.6) is 5.75 Å². The maximum absolute atomic E-state index is 12.3. The molecule has 3 aromatic rings. The maximum atomic E-state index is 12.3. The van der Waals surface area contributed by atoms with Crippen molar-refractivity contribution in [2.75, 3.05) is 19.0 Å². The fourth-order valence-electron chi connectivity index (χ4n) is 2.53. The van der Waals surface area contributed by atoms with Gasteiger partial charge in [-0.05, 0) is 55.3 Å². The van der Waals surface area contributed by atoms with Gasteiger partial charge in [0.2, 0.25) is 15.9 Å². The number of hydrogen-bond donors (Lipinski definition) is 2. The lowest BCUT2D eigenvalue weighted by Crippen LogP contribution is -2.28. The zero-order valence-corrected chi connectivity index (χ0v) is 17.4. The number of nitrogens with zero attached hydrogens (tertiary/aromatic N) is 1. The third-order valence-corrected chi connectivity index (χ3v) is 6.67. The van der Waals surface area contributed by atoms with Crippen molar-refractivity contribution in [2.45, 2.75) is 25.2 Å². The van der Waals surface area contributed by atoms with Crippen molar-refractivity contribution in [3.05, 3.63) is 47.5 Å². The van der Waals surface area contributed by atoms with Crippen molar-refractivity contribution in [3.63, 3.8) is 0 Å². The number of fused-ring (bicyclic) bond motifs is 1. The van der Waals surface area contributed by atoms with E-state index < -0.39 is 10.0 Å². The molecule has 0 atom stereocenters. The number of sulfonamides is 1. The number of aryl methyl sites for hydroxylation is 2. The number of methoxy groups -OCH3 is 1. The van der Waals surface area contributed by atoms with Gasteiger partial charge in [-0.2, -0.15) is 0 Å². The Hall–Kier alpha value is -2.49. The molecule has 0 aliphatic carbocycles. The van der Waals surface area contributed by atoms with Crippen molar-refractivity contribution >= 4 is 42.6 Å². The molecular weight excluding hydrogens is 398 g/mol. The van der Waals surface area contributed by atoms with Gasteiger partial charge in [0.1, 0.15) is 5.75 Å². The fourth-order valence-corrected chi connectivity index (χ4v) is 4.56. The molecule has 9 heteroatoms. The molecular formula is C19H21N3O4S2. The van der Waals surface area contributed by atoms with Crippen LogP contribution in [-0.4, -0.2) is 33.0 Å². The molecule has 0 saturated carbocycles. The van der Waals surface area contributed by atoms with Gasteiger partial charge in [0.05, 0.1) is 22.2 Å². The van der Waals surface area contributed by atoms with Gasteiger partial charge in [0, 0.05) is 13.0 Å². The van der Waals surface area contributed by atoms with E-state index >= 15 is 0 Å². The second kappa shape index (κ2) is 8.26. The lowest BCUT2D eigenvalue weighted by molar-refractivity contribution is -0.116. The lowest BCUT2D eigenvalue weighted by atomic mass is 10.1. The molecule has 0 spiro atoms. The summed E-state index contributed by atoms with van der Waals surface area (Å²) < 4.78 is 33.2. The van der Waals surface area contributed by atoms with Crippen LogP contribution >= 0.6 is 11.3 Å². The van der Waals surface area contributed by atoms with Gasteiger partial charge < -0.3 is 10.1 Å². The predicted molar refractivity (Wildman–Crippen MR) is 111 cm³/mol. The summed E-state index contributed by atoms with van der Waals surface area (Å²) in [4.78, 5) is 16.7. The number of carbonyl (C=O) groups excluding carboxylic acids is 1. The van der Waals surface area contributed by atoms with Crippen LogP contribution in [0.2, 0.25) is 0 Å². The van der Waals surface area contributed by atoms with E-state index in [1.165, 1.54) is 11.3 Å². The van der Waals surface area contributed by atoms with E-state index in [0.29, 0.717) is 5.13 Å². The Morgan fingerprint density at radius 3 is 2.64 bits per heavy atom. The molecule has 0 unspecified atom stereocenters. The average molecular weight is 420 g/mol. The highest BCUT2D eigenvalue weighted by Crippen LogP contribution is 2.29. The molecule has 148 valence electrons. The minimum Gasteiger partial charge on any atom is -0.497 e. The number of thiazole rings is 1. The molecule has 7 nitrogen and oxygen atoms in total. The monoisotopic (exact) mass is 419 g/mol. The largest absolute Gasteiger partial charge is 0.497 e. The van der Waals surface area contributed by atoms with Crippen molar-refractivity contribution < 1.29 is 17.9 Å². The molecule has 0 fully saturated rings. The summed E-state index contributed by atoms with van der Waals surface area (Å²) in [5.74, 6) is 0.406. The van der Waals surface area contributed by atoms with E-state index in [-0.39, 0.29) is 23.8 Å². The van der Waals surface area contributed by atoms with E-state index in [4.69, 9.17) is 4.74 Å². The summed E-state index contributed by atoms with van der Waals surface area (Å²) in [6, 6.07) is 10.4. The number of ether oxygens (including phenoxy) is 1. The van der Waals surface area contributed by atoms with Crippen LogP contribution in [0.1, 0.15) is 17.5 Å². The molecule has 2 aromatic carbocycles. The van der Waals surface area contributed by atoms with E-state index in [0.717, 1.165) is 27.1 Å². The van der Waals surface area contributed by atoms with Crippen LogP contribution in [0, 0.1) is 13.8 Å². The van der Waals surface area contributed by atoms with Crippen molar-refractivity contribution in [3.8, 4) is 5.75 Å². The number of benzene rings is 2. The molecule has 0 aliphatic rings. The minimum atomic E-state index is -3.65. The molecule has 0 saturated heterocycles. The summed E-state index contributed by atoms with van der Waals surface area (Å²) >= 11 is 1.33. The van der Waals surface area contributed by atoms with Gasteiger partial charge in [-0.1, -0.05) is 17.4 Å². The molecule has 0 radical (unpaired) electrons. The van der Waals surface area contributed by atoms with E-state index in [9.17, 15) is 13.2 Å². The molecule has 0 bridgehead atoms. The molecule has 3 rings (SSSR count). The van der Waals surface area contributed by atoms with Crippen LogP contribution in [-0.2, 0) is 14.8 Å². The highest BCUT2D eigenvalue weighted by atomic mass is 32.2. The van der Waals surface area contributed by atoms with E-state index in [1.807, 2.05) is 26.0 Å². The second-order valence-electron chi connectivity index (χ2n) is 6.29. The number of aromatic nitrogens is 1. The number of carbonyl (C=O) groups is 1. The number of hydrogen-bond acceptors (Lipinski definition) is 6. The summed E-state index contributed by atoms with van der Waals surface area (Å²) in [6.07, 6.45) is 0.00329. The molecule has 0 aliphatic heterocycles. The van der Waals surface area contributed by atoms with Crippen LogP contribution in [0.15, 0.2) is 41.3 Å². The number of nitrogens with one attached hydrogen (secondary N) is 2.